The van der Waals surface area contributed by atoms with Crippen molar-refractivity contribution in [2.24, 2.45) is 5.73 Å². The molecule has 0 aromatic carbocycles. The fourth-order valence-corrected chi connectivity index (χ4v) is 1.06. The first-order valence-corrected chi connectivity index (χ1v) is 4.31. The Kier molecular flexibility index (Phi) is 2.28. The molecule has 0 saturated heterocycles. The first-order chi connectivity index (χ1) is 6.75. The van der Waals surface area contributed by atoms with Crippen molar-refractivity contribution in [2.75, 3.05) is 0 Å². The molecule has 74 valence electrons. The molecule has 0 bridgehead atoms. The zero-order chi connectivity index (χ0) is 9.97. The molecule has 2 rings (SSSR count). The quantitative estimate of drug-likeness (QED) is 0.759. The summed E-state index contributed by atoms with van der Waals surface area (Å²) in [5.74, 6) is 1.04. The molecule has 2 aromatic rings. The van der Waals surface area contributed by atoms with Crippen LogP contribution in [0.3, 0.4) is 0 Å². The van der Waals surface area contributed by atoms with Crippen LogP contribution in [0.15, 0.2) is 23.0 Å². The largest absolute Gasteiger partial charge is 0.338 e. The second-order valence-corrected chi connectivity index (χ2v) is 3.04. The first kappa shape index (κ1) is 8.89. The Bertz CT molecular complexity index is 392. The van der Waals surface area contributed by atoms with Crippen LogP contribution in [0.25, 0.3) is 0 Å². The predicted octanol–water partition coefficient (Wildman–Crippen LogP) is 0.334. The van der Waals surface area contributed by atoms with Crippen molar-refractivity contribution >= 4 is 0 Å². The molecule has 0 aliphatic heterocycles. The Morgan fingerprint density at radius 2 is 2.50 bits per heavy atom. The Hall–Kier alpha value is -1.69. The van der Waals surface area contributed by atoms with E-state index in [1.165, 1.54) is 0 Å². The molecular formula is C8H11N5O. The molecule has 0 saturated carbocycles. The van der Waals surface area contributed by atoms with E-state index in [9.17, 15) is 0 Å². The van der Waals surface area contributed by atoms with Crippen LogP contribution in [0, 0.1) is 0 Å². The topological polar surface area (TPSA) is 82.8 Å². The summed E-state index contributed by atoms with van der Waals surface area (Å²) in [7, 11) is 0. The molecule has 0 fully saturated rings. The van der Waals surface area contributed by atoms with E-state index in [0.29, 0.717) is 18.3 Å². The maximum atomic E-state index is 5.58. The van der Waals surface area contributed by atoms with Crippen LogP contribution in [0.2, 0.25) is 0 Å². The van der Waals surface area contributed by atoms with Crippen LogP contribution in [0.4, 0.5) is 0 Å². The van der Waals surface area contributed by atoms with Gasteiger partial charge in [0.25, 0.3) is 0 Å². The second-order valence-electron chi connectivity index (χ2n) is 3.04. The van der Waals surface area contributed by atoms with E-state index in [-0.39, 0.29) is 6.04 Å². The molecule has 1 atom stereocenters. The van der Waals surface area contributed by atoms with Crippen LogP contribution in [-0.2, 0) is 6.54 Å². The van der Waals surface area contributed by atoms with Crippen molar-refractivity contribution in [1.29, 1.82) is 0 Å². The Morgan fingerprint density at radius 1 is 1.64 bits per heavy atom. The highest BCUT2D eigenvalue weighted by Gasteiger charge is 2.09. The number of hydrogen-bond donors (Lipinski definition) is 1. The molecule has 14 heavy (non-hydrogen) atoms. The van der Waals surface area contributed by atoms with Crippen molar-refractivity contribution in [3.63, 3.8) is 0 Å². The second kappa shape index (κ2) is 3.59. The highest BCUT2D eigenvalue weighted by atomic mass is 16.5. The Balaban J connectivity index is 2.11. The standard InChI is InChI=1S/C8H11N5O/c1-6(9)8-11-7(12-14-8)5-13-4-2-3-10-13/h2-4,6H,5,9H2,1H3/t6-/m0/s1. The van der Waals surface area contributed by atoms with Crippen LogP contribution in [0.5, 0.6) is 0 Å². The van der Waals surface area contributed by atoms with E-state index in [1.54, 1.807) is 17.8 Å². The number of nitrogens with zero attached hydrogens (tertiary/aromatic N) is 4. The molecule has 0 amide bonds. The molecule has 6 nitrogen and oxygen atoms in total. The summed E-state index contributed by atoms with van der Waals surface area (Å²) in [6.07, 6.45) is 3.54. The molecule has 2 N–H and O–H groups in total. The molecule has 2 heterocycles. The van der Waals surface area contributed by atoms with Gasteiger partial charge < -0.3 is 10.3 Å². The zero-order valence-electron chi connectivity index (χ0n) is 7.79. The van der Waals surface area contributed by atoms with Crippen LogP contribution in [0.1, 0.15) is 24.7 Å². The average Bonchev–Trinajstić information content (AvgIpc) is 2.75. The first-order valence-electron chi connectivity index (χ1n) is 4.31. The van der Waals surface area contributed by atoms with Crippen molar-refractivity contribution in [1.82, 2.24) is 19.9 Å². The summed E-state index contributed by atoms with van der Waals surface area (Å²) in [6.45, 7) is 2.30. The fraction of sp³-hybridized carbons (Fsp3) is 0.375. The minimum absolute atomic E-state index is 0.228. The van der Waals surface area contributed by atoms with E-state index in [4.69, 9.17) is 10.3 Å². The highest BCUT2D eigenvalue weighted by molar-refractivity contribution is 4.91. The predicted molar refractivity (Wildman–Crippen MR) is 48.2 cm³/mol. The number of rotatable bonds is 3. The number of nitrogens with two attached hydrogens (primary N) is 1. The summed E-state index contributed by atoms with van der Waals surface area (Å²) in [5, 5.41) is 7.81. The van der Waals surface area contributed by atoms with Crippen LogP contribution < -0.4 is 5.73 Å². The van der Waals surface area contributed by atoms with E-state index in [0.717, 1.165) is 0 Å². The molecule has 0 aliphatic carbocycles. The summed E-state index contributed by atoms with van der Waals surface area (Å²) in [5.41, 5.74) is 5.58. The van der Waals surface area contributed by atoms with Gasteiger partial charge in [-0.05, 0) is 13.0 Å². The summed E-state index contributed by atoms with van der Waals surface area (Å²) < 4.78 is 6.67. The molecule has 0 unspecified atom stereocenters. The molecule has 0 aliphatic rings. The van der Waals surface area contributed by atoms with Gasteiger partial charge in [-0.15, -0.1) is 0 Å². The molecule has 6 heteroatoms. The molecule has 0 radical (unpaired) electrons. The van der Waals surface area contributed by atoms with Crippen molar-refractivity contribution in [3.8, 4) is 0 Å². The average molecular weight is 193 g/mol. The van der Waals surface area contributed by atoms with Gasteiger partial charge in [0, 0.05) is 12.4 Å². The number of aromatic nitrogens is 4. The van der Waals surface area contributed by atoms with Crippen molar-refractivity contribution < 1.29 is 4.52 Å². The van der Waals surface area contributed by atoms with Gasteiger partial charge in [-0.1, -0.05) is 5.16 Å². The van der Waals surface area contributed by atoms with E-state index in [2.05, 4.69) is 15.2 Å². The summed E-state index contributed by atoms with van der Waals surface area (Å²) >= 11 is 0. The monoisotopic (exact) mass is 193 g/mol. The van der Waals surface area contributed by atoms with Gasteiger partial charge in [0.05, 0.1) is 6.04 Å². The maximum absolute atomic E-state index is 5.58. The third-order valence-corrected chi connectivity index (χ3v) is 1.74. The maximum Gasteiger partial charge on any atom is 0.243 e. The summed E-state index contributed by atoms with van der Waals surface area (Å²) in [6, 6.07) is 1.61. The number of hydrogen-bond acceptors (Lipinski definition) is 5. The lowest BCUT2D eigenvalue weighted by atomic mass is 10.4. The van der Waals surface area contributed by atoms with Gasteiger partial charge in [-0.25, -0.2) is 0 Å². The van der Waals surface area contributed by atoms with Crippen LogP contribution >= 0.6 is 0 Å². The van der Waals surface area contributed by atoms with Gasteiger partial charge in [-0.2, -0.15) is 10.1 Å². The summed E-state index contributed by atoms with van der Waals surface area (Å²) in [4.78, 5) is 4.12. The Labute approximate surface area is 80.7 Å². The van der Waals surface area contributed by atoms with E-state index in [1.807, 2.05) is 12.3 Å². The zero-order valence-corrected chi connectivity index (χ0v) is 7.79. The minimum atomic E-state index is -0.228. The lowest BCUT2D eigenvalue weighted by Crippen LogP contribution is -2.06. The smallest absolute Gasteiger partial charge is 0.243 e. The molecular weight excluding hydrogens is 182 g/mol. The minimum Gasteiger partial charge on any atom is -0.338 e. The third kappa shape index (κ3) is 1.80. The Morgan fingerprint density at radius 3 is 3.07 bits per heavy atom. The fourth-order valence-electron chi connectivity index (χ4n) is 1.06. The van der Waals surface area contributed by atoms with Gasteiger partial charge >= 0.3 is 0 Å². The lowest BCUT2D eigenvalue weighted by Gasteiger charge is -1.94. The van der Waals surface area contributed by atoms with Crippen molar-refractivity contribution in [2.45, 2.75) is 19.5 Å². The van der Waals surface area contributed by atoms with E-state index < -0.39 is 0 Å². The third-order valence-electron chi connectivity index (χ3n) is 1.74. The lowest BCUT2D eigenvalue weighted by molar-refractivity contribution is 0.356. The molecule has 0 spiro atoms. The molecule has 2 aromatic heterocycles. The van der Waals surface area contributed by atoms with Gasteiger partial charge in [-0.3, -0.25) is 4.68 Å². The van der Waals surface area contributed by atoms with Gasteiger partial charge in [0.1, 0.15) is 6.54 Å². The van der Waals surface area contributed by atoms with Crippen molar-refractivity contribution in [3.05, 3.63) is 30.2 Å². The van der Waals surface area contributed by atoms with Gasteiger partial charge in [0.2, 0.25) is 5.89 Å². The van der Waals surface area contributed by atoms with Gasteiger partial charge in [0.15, 0.2) is 5.82 Å². The van der Waals surface area contributed by atoms with E-state index >= 15 is 0 Å². The van der Waals surface area contributed by atoms with Crippen LogP contribution in [-0.4, -0.2) is 19.9 Å². The highest BCUT2D eigenvalue weighted by Crippen LogP contribution is 2.06. The SMILES string of the molecule is C[C@H](N)c1nc(Cn2cccn2)no1. The normalized spacial score (nSPS) is 13.0.